The second-order valence-corrected chi connectivity index (χ2v) is 2.36. The molecule has 60 valence electrons. The van der Waals surface area contributed by atoms with Crippen LogP contribution in [0.5, 0.6) is 5.75 Å². The maximum atomic E-state index is 5.05. The van der Waals surface area contributed by atoms with Crippen LogP contribution in [0.25, 0.3) is 0 Å². The van der Waals surface area contributed by atoms with Gasteiger partial charge in [0.25, 0.3) is 0 Å². The number of aryl methyl sites for hydroxylation is 1. The van der Waals surface area contributed by atoms with Crippen molar-refractivity contribution in [3.05, 3.63) is 23.8 Å². The van der Waals surface area contributed by atoms with Crippen molar-refractivity contribution < 1.29 is 10.6 Å². The largest absolute Gasteiger partial charge is 0.497 e. The molecule has 1 aromatic rings. The van der Waals surface area contributed by atoms with E-state index in [1.807, 2.05) is 25.1 Å². The zero-order valence-electron chi connectivity index (χ0n) is 6.85. The third-order valence-electron chi connectivity index (χ3n) is 1.62. The summed E-state index contributed by atoms with van der Waals surface area (Å²) in [5.41, 5.74) is 5.01. The molecule has 0 fully saturated rings. The van der Waals surface area contributed by atoms with Crippen molar-refractivity contribution in [1.82, 2.24) is 0 Å². The molecule has 1 rings (SSSR count). The second-order valence-electron chi connectivity index (χ2n) is 2.36. The standard InChI is InChI=1S/C8H12N2O/c1-6-5-7(11-2)3-4-8(6)10-9/h3-5,10H,9H2,1-2H3/p+1. The van der Waals surface area contributed by atoms with E-state index in [1.165, 1.54) is 0 Å². The summed E-state index contributed by atoms with van der Waals surface area (Å²) < 4.78 is 5.05. The third-order valence-corrected chi connectivity index (χ3v) is 1.62. The number of hydrogen-bond acceptors (Lipinski definition) is 2. The van der Waals surface area contributed by atoms with Gasteiger partial charge in [-0.1, -0.05) is 0 Å². The predicted octanol–water partition coefficient (Wildman–Crippen LogP) is 0.572. The van der Waals surface area contributed by atoms with Gasteiger partial charge < -0.3 is 4.74 Å². The quantitative estimate of drug-likeness (QED) is 0.610. The van der Waals surface area contributed by atoms with Gasteiger partial charge in [-0.2, -0.15) is 0 Å². The van der Waals surface area contributed by atoms with Crippen LogP contribution in [0.2, 0.25) is 0 Å². The Kier molecular flexibility index (Phi) is 2.33. The minimum atomic E-state index is 0.876. The van der Waals surface area contributed by atoms with E-state index in [0.29, 0.717) is 0 Å². The van der Waals surface area contributed by atoms with E-state index in [0.717, 1.165) is 17.0 Å². The number of quaternary nitrogens is 1. The minimum Gasteiger partial charge on any atom is -0.497 e. The van der Waals surface area contributed by atoms with Crippen molar-refractivity contribution in [3.63, 3.8) is 0 Å². The molecule has 0 radical (unpaired) electrons. The van der Waals surface area contributed by atoms with E-state index in [1.54, 1.807) is 7.11 Å². The fourth-order valence-corrected chi connectivity index (χ4v) is 0.961. The first-order valence-electron chi connectivity index (χ1n) is 3.45. The van der Waals surface area contributed by atoms with Crippen LogP contribution in [0.15, 0.2) is 18.2 Å². The SMILES string of the molecule is COc1ccc(N[NH3+])c(C)c1. The molecule has 0 bridgehead atoms. The average Bonchev–Trinajstić information content (AvgIpc) is 2.04. The van der Waals surface area contributed by atoms with Crippen LogP contribution in [0.4, 0.5) is 5.69 Å². The number of benzene rings is 1. The smallest absolute Gasteiger partial charge is 0.119 e. The molecule has 0 amide bonds. The van der Waals surface area contributed by atoms with Crippen molar-refractivity contribution in [2.75, 3.05) is 12.5 Å². The molecule has 3 heteroatoms. The highest BCUT2D eigenvalue weighted by Crippen LogP contribution is 2.19. The molecule has 0 saturated heterocycles. The number of anilines is 1. The molecule has 11 heavy (non-hydrogen) atoms. The second kappa shape index (κ2) is 3.25. The van der Waals surface area contributed by atoms with Crippen molar-refractivity contribution in [2.24, 2.45) is 0 Å². The lowest BCUT2D eigenvalue weighted by Crippen LogP contribution is -2.56. The number of methoxy groups -OCH3 is 1. The van der Waals surface area contributed by atoms with E-state index in [-0.39, 0.29) is 0 Å². The molecule has 1 aromatic carbocycles. The monoisotopic (exact) mass is 153 g/mol. The Morgan fingerprint density at radius 2 is 2.18 bits per heavy atom. The maximum absolute atomic E-state index is 5.05. The minimum absolute atomic E-state index is 0.876. The van der Waals surface area contributed by atoms with Crippen molar-refractivity contribution >= 4 is 5.69 Å². The summed E-state index contributed by atoms with van der Waals surface area (Å²) in [5, 5.41) is 0. The Morgan fingerprint density at radius 1 is 1.45 bits per heavy atom. The van der Waals surface area contributed by atoms with E-state index in [9.17, 15) is 0 Å². The average molecular weight is 153 g/mol. The topological polar surface area (TPSA) is 48.9 Å². The summed E-state index contributed by atoms with van der Waals surface area (Å²) in [6.07, 6.45) is 0. The molecule has 0 atom stereocenters. The summed E-state index contributed by atoms with van der Waals surface area (Å²) in [4.78, 5) is 0. The zero-order chi connectivity index (χ0) is 8.27. The third kappa shape index (κ3) is 1.62. The van der Waals surface area contributed by atoms with Crippen LogP contribution in [0.3, 0.4) is 0 Å². The Balaban J connectivity index is 2.99. The van der Waals surface area contributed by atoms with Crippen molar-refractivity contribution in [3.8, 4) is 5.75 Å². The first kappa shape index (κ1) is 7.88. The molecule has 0 aliphatic heterocycles. The lowest BCUT2D eigenvalue weighted by Gasteiger charge is -2.04. The first-order valence-corrected chi connectivity index (χ1v) is 3.45. The number of hydrogen-bond donors (Lipinski definition) is 2. The van der Waals surface area contributed by atoms with E-state index >= 15 is 0 Å². The summed E-state index contributed by atoms with van der Waals surface area (Å²) in [5.74, 6) is 4.46. The van der Waals surface area contributed by atoms with Gasteiger partial charge in [-0.05, 0) is 30.7 Å². The number of rotatable bonds is 2. The van der Waals surface area contributed by atoms with Gasteiger partial charge in [0.2, 0.25) is 0 Å². The van der Waals surface area contributed by atoms with Crippen molar-refractivity contribution in [1.29, 1.82) is 0 Å². The van der Waals surface area contributed by atoms with Gasteiger partial charge in [0, 0.05) is 0 Å². The van der Waals surface area contributed by atoms with Gasteiger partial charge in [-0.3, -0.25) is 5.84 Å². The fourth-order valence-electron chi connectivity index (χ4n) is 0.961. The highest BCUT2D eigenvalue weighted by molar-refractivity contribution is 5.51. The molecule has 3 nitrogen and oxygen atoms in total. The Hall–Kier alpha value is -1.22. The molecule has 0 aliphatic carbocycles. The van der Waals surface area contributed by atoms with Gasteiger partial charge in [-0.15, -0.1) is 0 Å². The molecule has 0 heterocycles. The molecule has 0 saturated carbocycles. The van der Waals surface area contributed by atoms with Gasteiger partial charge in [0.05, 0.1) is 12.8 Å². The predicted molar refractivity (Wildman–Crippen MR) is 44.2 cm³/mol. The van der Waals surface area contributed by atoms with E-state index < -0.39 is 0 Å². The lowest BCUT2D eigenvalue weighted by molar-refractivity contribution is -0.325. The molecule has 0 unspecified atom stereocenters. The van der Waals surface area contributed by atoms with Crippen LogP contribution >= 0.6 is 0 Å². The van der Waals surface area contributed by atoms with Crippen LogP contribution in [-0.2, 0) is 0 Å². The maximum Gasteiger partial charge on any atom is 0.119 e. The summed E-state index contributed by atoms with van der Waals surface area (Å²) in [6.45, 7) is 2.01. The number of ether oxygens (including phenoxy) is 1. The van der Waals surface area contributed by atoms with Crippen molar-refractivity contribution in [2.45, 2.75) is 6.92 Å². The Labute approximate surface area is 66.1 Å². The molecule has 4 N–H and O–H groups in total. The van der Waals surface area contributed by atoms with Gasteiger partial charge >= 0.3 is 0 Å². The summed E-state index contributed by atoms with van der Waals surface area (Å²) in [6, 6.07) is 5.81. The molecule has 0 aliphatic rings. The Morgan fingerprint density at radius 3 is 2.64 bits per heavy atom. The van der Waals surface area contributed by atoms with E-state index in [2.05, 4.69) is 11.3 Å². The van der Waals surface area contributed by atoms with Crippen LogP contribution < -0.4 is 16.0 Å². The van der Waals surface area contributed by atoms with Gasteiger partial charge in [0.15, 0.2) is 0 Å². The normalized spacial score (nSPS) is 9.36. The highest BCUT2D eigenvalue weighted by Gasteiger charge is 1.97. The van der Waals surface area contributed by atoms with Crippen LogP contribution in [-0.4, -0.2) is 7.11 Å². The lowest BCUT2D eigenvalue weighted by atomic mass is 10.2. The van der Waals surface area contributed by atoms with E-state index in [4.69, 9.17) is 4.74 Å². The van der Waals surface area contributed by atoms with Crippen LogP contribution in [0.1, 0.15) is 5.56 Å². The highest BCUT2D eigenvalue weighted by atomic mass is 16.5. The molecular weight excluding hydrogens is 140 g/mol. The Bertz CT molecular complexity index is 248. The summed E-state index contributed by atoms with van der Waals surface area (Å²) in [7, 11) is 1.66. The summed E-state index contributed by atoms with van der Waals surface area (Å²) >= 11 is 0. The van der Waals surface area contributed by atoms with Gasteiger partial charge in [0.1, 0.15) is 5.75 Å². The molecule has 0 spiro atoms. The van der Waals surface area contributed by atoms with Gasteiger partial charge in [-0.25, -0.2) is 5.43 Å². The fraction of sp³-hybridized carbons (Fsp3) is 0.250. The zero-order valence-corrected chi connectivity index (χ0v) is 6.85. The number of nitrogens with one attached hydrogen (secondary N) is 1. The van der Waals surface area contributed by atoms with Crippen LogP contribution in [0, 0.1) is 6.92 Å². The molecular formula is C8H13N2O+. The first-order chi connectivity index (χ1) is 5.27. The molecule has 0 aromatic heterocycles.